The monoisotopic (exact) mass is 839 g/mol. The second-order valence-corrected chi connectivity index (χ2v) is 18.9. The Bertz CT molecular complexity index is 3990. The molecule has 0 aliphatic carbocycles. The molecule has 286 valence electrons. The number of rotatable bonds is 4. The first kappa shape index (κ1) is 35.2. The van der Waals surface area contributed by atoms with E-state index < -0.39 is 0 Å². The average molecular weight is 840 g/mol. The third-order valence-electron chi connectivity index (χ3n) is 12.5. The van der Waals surface area contributed by atoms with Crippen LogP contribution in [0.5, 0.6) is 0 Å². The van der Waals surface area contributed by atoms with Crippen LogP contribution in [0.1, 0.15) is 5.56 Å². The van der Waals surface area contributed by atoms with Crippen molar-refractivity contribution in [2.75, 3.05) is 0 Å². The number of thiophene rings is 3. The molecule has 9 aromatic carbocycles. The smallest absolute Gasteiger partial charge is 0.205 e. The Hall–Kier alpha value is -7.58. The van der Waals surface area contributed by atoms with Gasteiger partial charge in [-0.25, -0.2) is 4.85 Å². The van der Waals surface area contributed by atoms with Crippen molar-refractivity contribution in [1.82, 2.24) is 4.57 Å². The second kappa shape index (κ2) is 13.5. The van der Waals surface area contributed by atoms with Crippen LogP contribution in [-0.2, 0) is 0 Å². The first-order chi connectivity index (χ1) is 30.7. The molecular formula is C56H29N3S3. The fourth-order valence-electron chi connectivity index (χ4n) is 9.87. The van der Waals surface area contributed by atoms with Crippen LogP contribution in [0, 0.1) is 17.9 Å². The Morgan fingerprint density at radius 1 is 0.419 bits per heavy atom. The largest absolute Gasteiger partial charge is 0.306 e. The van der Waals surface area contributed by atoms with E-state index in [2.05, 4.69) is 155 Å². The summed E-state index contributed by atoms with van der Waals surface area (Å²) in [6.45, 7) is 9.27. The molecule has 13 rings (SSSR count). The fraction of sp³-hybridized carbons (Fsp3) is 0. The SMILES string of the molecule is [C-]#[N+]c1c(-c2ccc3sc4ccccc4c3c2)c(-c2ccccc2)c(C#N)c(-n2c3c(ccc4c5ccccc5sc43)c3ccc4c5ccccc5sc4c32)c1-c1ccccc1. The highest BCUT2D eigenvalue weighted by molar-refractivity contribution is 7.27. The van der Waals surface area contributed by atoms with E-state index in [0.29, 0.717) is 11.3 Å². The van der Waals surface area contributed by atoms with Crippen molar-refractivity contribution in [2.24, 2.45) is 0 Å². The lowest BCUT2D eigenvalue weighted by Gasteiger charge is -2.24. The van der Waals surface area contributed by atoms with E-state index in [9.17, 15) is 11.8 Å². The van der Waals surface area contributed by atoms with Gasteiger partial charge in [0.05, 0.1) is 38.3 Å². The highest BCUT2D eigenvalue weighted by Gasteiger charge is 2.31. The van der Waals surface area contributed by atoms with Crippen LogP contribution >= 0.6 is 34.0 Å². The van der Waals surface area contributed by atoms with Crippen LogP contribution in [0.4, 0.5) is 5.69 Å². The highest BCUT2D eigenvalue weighted by Crippen LogP contribution is 2.55. The van der Waals surface area contributed by atoms with Gasteiger partial charge in [0, 0.05) is 67.5 Å². The molecule has 0 amide bonds. The molecule has 0 aliphatic rings. The predicted octanol–water partition coefficient (Wildman–Crippen LogP) is 17.3. The lowest BCUT2D eigenvalue weighted by atomic mass is 9.83. The summed E-state index contributed by atoms with van der Waals surface area (Å²) in [7, 11) is 0. The van der Waals surface area contributed by atoms with Crippen molar-refractivity contribution in [3.8, 4) is 45.1 Å². The normalized spacial score (nSPS) is 11.8. The summed E-state index contributed by atoms with van der Waals surface area (Å²) in [6.07, 6.45) is 0. The van der Waals surface area contributed by atoms with Crippen molar-refractivity contribution < 1.29 is 0 Å². The Labute approximate surface area is 367 Å². The number of nitriles is 1. The molecule has 4 heterocycles. The molecule has 3 nitrogen and oxygen atoms in total. The minimum Gasteiger partial charge on any atom is -0.306 e. The minimum absolute atomic E-state index is 0.518. The molecule has 0 bridgehead atoms. The minimum atomic E-state index is 0.518. The number of fused-ring (bicyclic) bond motifs is 14. The van der Waals surface area contributed by atoms with E-state index in [-0.39, 0.29) is 0 Å². The molecule has 6 heteroatoms. The standard InChI is InChI=1S/C56H29N3S3/c1-58-51-49(34-24-29-47-42(30-34)37-20-10-11-21-44(37)60-47)48(32-14-4-2-5-15-32)43(31-57)52(50(51)33-16-6-3-7-17-33)59-53-38(25-27-40-35-18-8-12-22-45(35)61-55(40)53)39-26-28-41-36-19-9-13-23-46(36)62-56(41)54(39)59/h2-30H. The molecule has 0 aliphatic heterocycles. The maximum absolute atomic E-state index is 12.0. The van der Waals surface area contributed by atoms with Gasteiger partial charge in [0.1, 0.15) is 6.07 Å². The first-order valence-corrected chi connectivity index (χ1v) is 22.9. The molecule has 4 aromatic heterocycles. The quantitative estimate of drug-likeness (QED) is 0.163. The summed E-state index contributed by atoms with van der Waals surface area (Å²) >= 11 is 5.37. The van der Waals surface area contributed by atoms with Crippen molar-refractivity contribution >= 4 is 122 Å². The summed E-state index contributed by atoms with van der Waals surface area (Å²) in [5.41, 5.74) is 8.82. The Balaban J connectivity index is 1.30. The van der Waals surface area contributed by atoms with Gasteiger partial charge in [-0.1, -0.05) is 146 Å². The summed E-state index contributed by atoms with van der Waals surface area (Å²) in [6, 6.07) is 64.8. The topological polar surface area (TPSA) is 33.1 Å². The summed E-state index contributed by atoms with van der Waals surface area (Å²) in [4.78, 5) is 4.57. The lowest BCUT2D eigenvalue weighted by Crippen LogP contribution is -2.05. The predicted molar refractivity (Wildman–Crippen MR) is 267 cm³/mol. The molecule has 0 saturated heterocycles. The van der Waals surface area contributed by atoms with Crippen molar-refractivity contribution in [1.29, 1.82) is 5.26 Å². The zero-order valence-electron chi connectivity index (χ0n) is 32.8. The van der Waals surface area contributed by atoms with Crippen LogP contribution in [0.2, 0.25) is 0 Å². The van der Waals surface area contributed by atoms with Gasteiger partial charge in [-0.05, 0) is 58.1 Å². The molecule has 0 fully saturated rings. The van der Waals surface area contributed by atoms with Gasteiger partial charge < -0.3 is 4.57 Å². The van der Waals surface area contributed by atoms with Gasteiger partial charge >= 0.3 is 0 Å². The van der Waals surface area contributed by atoms with E-state index in [1.54, 1.807) is 34.0 Å². The zero-order valence-corrected chi connectivity index (χ0v) is 35.3. The first-order valence-electron chi connectivity index (χ1n) is 20.4. The van der Waals surface area contributed by atoms with Crippen LogP contribution in [-0.4, -0.2) is 4.57 Å². The molecule has 0 N–H and O–H groups in total. The summed E-state index contributed by atoms with van der Waals surface area (Å²) in [5, 5.41) is 21.3. The molecule has 0 atom stereocenters. The molecule has 0 saturated carbocycles. The number of aromatic nitrogens is 1. The van der Waals surface area contributed by atoms with Crippen LogP contribution < -0.4 is 0 Å². The van der Waals surface area contributed by atoms with Crippen LogP contribution in [0.15, 0.2) is 176 Å². The maximum Gasteiger partial charge on any atom is 0.205 e. The number of nitrogens with zero attached hydrogens (tertiary/aromatic N) is 3. The molecule has 0 unspecified atom stereocenters. The summed E-state index contributed by atoms with van der Waals surface area (Å²) < 4.78 is 9.52. The van der Waals surface area contributed by atoms with Crippen molar-refractivity contribution in [3.63, 3.8) is 0 Å². The van der Waals surface area contributed by atoms with Gasteiger partial charge in [-0.3, -0.25) is 0 Å². The number of hydrogen-bond donors (Lipinski definition) is 0. The van der Waals surface area contributed by atoms with Gasteiger partial charge in [-0.2, -0.15) is 5.26 Å². The van der Waals surface area contributed by atoms with Gasteiger partial charge in [-0.15, -0.1) is 34.0 Å². The lowest BCUT2D eigenvalue weighted by molar-refractivity contribution is 1.19. The molecular weight excluding hydrogens is 811 g/mol. The van der Waals surface area contributed by atoms with E-state index in [1.165, 1.54) is 45.7 Å². The molecule has 62 heavy (non-hydrogen) atoms. The van der Waals surface area contributed by atoms with Crippen molar-refractivity contribution in [2.45, 2.75) is 0 Å². The van der Waals surface area contributed by atoms with Crippen molar-refractivity contribution in [3.05, 3.63) is 193 Å². The second-order valence-electron chi connectivity index (χ2n) is 15.7. The average Bonchev–Trinajstić information content (AvgIpc) is 4.10. The van der Waals surface area contributed by atoms with E-state index in [4.69, 9.17) is 0 Å². The fourth-order valence-corrected chi connectivity index (χ4v) is 13.4. The number of hydrogen-bond acceptors (Lipinski definition) is 4. The van der Waals surface area contributed by atoms with Gasteiger partial charge in [0.15, 0.2) is 0 Å². The Morgan fingerprint density at radius 3 is 1.44 bits per heavy atom. The molecule has 0 radical (unpaired) electrons. The Kier molecular flexibility index (Phi) is 7.64. The van der Waals surface area contributed by atoms with E-state index in [0.717, 1.165) is 75.7 Å². The Morgan fingerprint density at radius 2 is 0.887 bits per heavy atom. The van der Waals surface area contributed by atoms with Crippen LogP contribution in [0.3, 0.4) is 0 Å². The third kappa shape index (κ3) is 4.89. The summed E-state index contributed by atoms with van der Waals surface area (Å²) in [5.74, 6) is 0. The number of benzene rings is 9. The molecule has 0 spiro atoms. The van der Waals surface area contributed by atoms with Gasteiger partial charge in [0.25, 0.3) is 0 Å². The van der Waals surface area contributed by atoms with E-state index in [1.807, 2.05) is 36.4 Å². The highest BCUT2D eigenvalue weighted by atomic mass is 32.1. The maximum atomic E-state index is 12.0. The molecule has 13 aromatic rings. The third-order valence-corrected chi connectivity index (χ3v) is 16.0. The van der Waals surface area contributed by atoms with Crippen LogP contribution in [0.25, 0.3) is 126 Å². The van der Waals surface area contributed by atoms with E-state index >= 15 is 0 Å². The van der Waals surface area contributed by atoms with Gasteiger partial charge in [0.2, 0.25) is 5.69 Å². The zero-order chi connectivity index (χ0) is 41.1.